The van der Waals surface area contributed by atoms with Crippen molar-refractivity contribution in [2.75, 3.05) is 24.2 Å². The van der Waals surface area contributed by atoms with Crippen LogP contribution in [0.1, 0.15) is 18.3 Å². The molecule has 1 unspecified atom stereocenters. The topological polar surface area (TPSA) is 80.5 Å². The standard InChI is InChI=1S/C18H24FN5O2/c1-11-17(12(2)24(5)22-11)21-18(26)13(3)23(4)10-16(25)20-15-8-6-7-14(19)9-15/h6-9,13H,10H2,1-5H3,(H,20,25)(H,21,26)/p+1/t13-/m1/s1. The zero-order chi connectivity index (χ0) is 19.4. The van der Waals surface area contributed by atoms with E-state index in [-0.39, 0.29) is 18.4 Å². The summed E-state index contributed by atoms with van der Waals surface area (Å²) in [5.74, 6) is -0.903. The Morgan fingerprint density at radius 3 is 2.58 bits per heavy atom. The lowest BCUT2D eigenvalue weighted by molar-refractivity contribution is -0.885. The molecule has 0 spiro atoms. The smallest absolute Gasteiger partial charge is 0.282 e. The van der Waals surface area contributed by atoms with Gasteiger partial charge in [-0.25, -0.2) is 4.39 Å². The number of carbonyl (C=O) groups excluding carboxylic acids is 2. The Morgan fingerprint density at radius 1 is 1.31 bits per heavy atom. The summed E-state index contributed by atoms with van der Waals surface area (Å²) in [6.45, 7) is 5.54. The number of benzene rings is 1. The van der Waals surface area contributed by atoms with Crippen LogP contribution >= 0.6 is 0 Å². The van der Waals surface area contributed by atoms with Gasteiger partial charge in [-0.1, -0.05) is 6.07 Å². The van der Waals surface area contributed by atoms with Gasteiger partial charge in [-0.05, 0) is 39.0 Å². The van der Waals surface area contributed by atoms with Crippen molar-refractivity contribution in [2.45, 2.75) is 26.8 Å². The summed E-state index contributed by atoms with van der Waals surface area (Å²) in [4.78, 5) is 25.4. The van der Waals surface area contributed by atoms with Crippen LogP contribution in [-0.2, 0) is 16.6 Å². The second kappa shape index (κ2) is 8.09. The lowest BCUT2D eigenvalue weighted by Crippen LogP contribution is -3.14. The molecule has 2 atom stereocenters. The number of halogens is 1. The Morgan fingerprint density at radius 2 is 2.00 bits per heavy atom. The van der Waals surface area contributed by atoms with Crippen LogP contribution < -0.4 is 15.5 Å². The number of aryl methyl sites for hydroxylation is 2. The predicted molar refractivity (Wildman–Crippen MR) is 97.6 cm³/mol. The summed E-state index contributed by atoms with van der Waals surface area (Å²) in [5, 5.41) is 9.79. The van der Waals surface area contributed by atoms with E-state index >= 15 is 0 Å². The van der Waals surface area contributed by atoms with Gasteiger partial charge in [0.2, 0.25) is 0 Å². The molecule has 1 heterocycles. The largest absolute Gasteiger partial charge is 0.321 e. The number of quaternary nitrogens is 1. The number of amides is 2. The highest BCUT2D eigenvalue weighted by Gasteiger charge is 2.25. The van der Waals surface area contributed by atoms with Crippen LogP contribution in [0.25, 0.3) is 0 Å². The van der Waals surface area contributed by atoms with Crippen molar-refractivity contribution in [3.8, 4) is 0 Å². The minimum absolute atomic E-state index is 0.0795. The number of anilines is 2. The molecular weight excluding hydrogens is 337 g/mol. The van der Waals surface area contributed by atoms with Crippen molar-refractivity contribution in [1.82, 2.24) is 9.78 Å². The van der Waals surface area contributed by atoms with E-state index in [0.717, 1.165) is 16.3 Å². The molecule has 3 N–H and O–H groups in total. The molecule has 0 aliphatic rings. The van der Waals surface area contributed by atoms with Gasteiger partial charge >= 0.3 is 0 Å². The summed E-state index contributed by atoms with van der Waals surface area (Å²) >= 11 is 0. The maximum atomic E-state index is 13.2. The van der Waals surface area contributed by atoms with Crippen LogP contribution in [0.3, 0.4) is 0 Å². The fourth-order valence-corrected chi connectivity index (χ4v) is 2.59. The van der Waals surface area contributed by atoms with Gasteiger partial charge in [-0.2, -0.15) is 5.10 Å². The molecular formula is C18H25FN5O2+. The Bertz CT molecular complexity index is 818. The maximum Gasteiger partial charge on any atom is 0.282 e. The average Bonchev–Trinajstić information content (AvgIpc) is 2.80. The van der Waals surface area contributed by atoms with Gasteiger partial charge in [0.05, 0.1) is 24.1 Å². The zero-order valence-corrected chi connectivity index (χ0v) is 15.7. The van der Waals surface area contributed by atoms with Crippen LogP contribution in [0.4, 0.5) is 15.8 Å². The second-order valence-corrected chi connectivity index (χ2v) is 6.46. The van der Waals surface area contributed by atoms with Crippen LogP contribution in [-0.4, -0.2) is 41.2 Å². The summed E-state index contributed by atoms with van der Waals surface area (Å²) < 4.78 is 14.9. The first-order valence-corrected chi connectivity index (χ1v) is 8.37. The van der Waals surface area contributed by atoms with Crippen LogP contribution in [0.5, 0.6) is 0 Å². The molecule has 0 aliphatic heterocycles. The third-order valence-corrected chi connectivity index (χ3v) is 4.44. The predicted octanol–water partition coefficient (Wildman–Crippen LogP) is 0.656. The molecule has 0 aliphatic carbocycles. The SMILES string of the molecule is Cc1nn(C)c(C)c1NC(=O)[C@@H](C)[NH+](C)CC(=O)Nc1cccc(F)c1. The molecule has 0 fully saturated rings. The minimum Gasteiger partial charge on any atom is -0.321 e. The van der Waals surface area contributed by atoms with E-state index in [1.165, 1.54) is 18.2 Å². The maximum absolute atomic E-state index is 13.2. The van der Waals surface area contributed by atoms with Crippen molar-refractivity contribution < 1.29 is 18.9 Å². The summed E-state index contributed by atoms with van der Waals surface area (Å²) in [6, 6.07) is 5.24. The number of carbonyl (C=O) groups is 2. The van der Waals surface area contributed by atoms with E-state index in [2.05, 4.69) is 15.7 Å². The number of hydrogen-bond acceptors (Lipinski definition) is 3. The Hall–Kier alpha value is -2.74. The van der Waals surface area contributed by atoms with Gasteiger partial charge in [0, 0.05) is 12.7 Å². The van der Waals surface area contributed by atoms with Crippen molar-refractivity contribution in [3.05, 3.63) is 41.5 Å². The first-order valence-electron chi connectivity index (χ1n) is 8.37. The molecule has 26 heavy (non-hydrogen) atoms. The number of rotatable bonds is 6. The lowest BCUT2D eigenvalue weighted by atomic mass is 10.2. The van der Waals surface area contributed by atoms with Crippen molar-refractivity contribution in [3.63, 3.8) is 0 Å². The number of nitrogens with one attached hydrogen (secondary N) is 3. The van der Waals surface area contributed by atoms with Gasteiger partial charge in [0.25, 0.3) is 11.8 Å². The monoisotopic (exact) mass is 362 g/mol. The van der Waals surface area contributed by atoms with Crippen molar-refractivity contribution >= 4 is 23.2 Å². The van der Waals surface area contributed by atoms with Gasteiger partial charge in [-0.3, -0.25) is 14.3 Å². The third kappa shape index (κ3) is 4.66. The van der Waals surface area contributed by atoms with E-state index in [1.54, 1.807) is 24.7 Å². The first kappa shape index (κ1) is 19.6. The molecule has 2 amide bonds. The number of hydrogen-bond donors (Lipinski definition) is 3. The molecule has 1 aromatic carbocycles. The number of aromatic nitrogens is 2. The van der Waals surface area contributed by atoms with Gasteiger partial charge < -0.3 is 15.5 Å². The highest BCUT2D eigenvalue weighted by atomic mass is 19.1. The highest BCUT2D eigenvalue weighted by Crippen LogP contribution is 2.18. The van der Waals surface area contributed by atoms with Crippen LogP contribution in [0.2, 0.25) is 0 Å². The molecule has 140 valence electrons. The van der Waals surface area contributed by atoms with Crippen LogP contribution in [0, 0.1) is 19.7 Å². The Labute approximate surface area is 152 Å². The fraction of sp³-hybridized carbons (Fsp3) is 0.389. The molecule has 7 nitrogen and oxygen atoms in total. The van der Waals surface area contributed by atoms with E-state index in [0.29, 0.717) is 11.4 Å². The summed E-state index contributed by atoms with van der Waals surface area (Å²) in [6.07, 6.45) is 0. The lowest BCUT2D eigenvalue weighted by Gasteiger charge is -2.20. The minimum atomic E-state index is -0.452. The van der Waals surface area contributed by atoms with Gasteiger partial charge in [0.15, 0.2) is 12.6 Å². The molecule has 0 saturated heterocycles. The molecule has 2 aromatic rings. The average molecular weight is 362 g/mol. The van der Waals surface area contributed by atoms with Crippen LogP contribution in [0.15, 0.2) is 24.3 Å². The zero-order valence-electron chi connectivity index (χ0n) is 15.7. The normalized spacial score (nSPS) is 13.2. The van der Waals surface area contributed by atoms with Crippen molar-refractivity contribution in [2.24, 2.45) is 7.05 Å². The first-order chi connectivity index (χ1) is 12.2. The number of nitrogens with zero attached hydrogens (tertiary/aromatic N) is 2. The summed E-state index contributed by atoms with van der Waals surface area (Å²) in [7, 11) is 3.58. The highest BCUT2D eigenvalue weighted by molar-refractivity contribution is 5.95. The van der Waals surface area contributed by atoms with Gasteiger partial charge in [-0.15, -0.1) is 0 Å². The Balaban J connectivity index is 1.94. The molecule has 1 aromatic heterocycles. The molecule has 0 radical (unpaired) electrons. The number of likely N-dealkylation sites (N-methyl/N-ethyl adjacent to an activating group) is 1. The Kier molecular flexibility index (Phi) is 6.10. The molecule has 0 saturated carbocycles. The van der Waals surface area contributed by atoms with Gasteiger partial charge in [0.1, 0.15) is 5.82 Å². The van der Waals surface area contributed by atoms with E-state index in [9.17, 15) is 14.0 Å². The van der Waals surface area contributed by atoms with E-state index in [1.807, 2.05) is 20.9 Å². The van der Waals surface area contributed by atoms with E-state index < -0.39 is 11.9 Å². The van der Waals surface area contributed by atoms with Crippen molar-refractivity contribution in [1.29, 1.82) is 0 Å². The van der Waals surface area contributed by atoms with E-state index in [4.69, 9.17) is 0 Å². The molecule has 0 bridgehead atoms. The summed E-state index contributed by atoms with van der Waals surface area (Å²) in [5.41, 5.74) is 2.69. The molecule has 8 heteroatoms. The third-order valence-electron chi connectivity index (χ3n) is 4.44. The fourth-order valence-electron chi connectivity index (χ4n) is 2.59. The second-order valence-electron chi connectivity index (χ2n) is 6.46. The molecule has 2 rings (SSSR count). The quantitative estimate of drug-likeness (QED) is 0.706.